The SMILES string of the molecule is CC1(C)CC(=O)N(c2ccc(CN)cn2)C1=O. The minimum Gasteiger partial charge on any atom is -0.326 e. The lowest BCUT2D eigenvalue weighted by Gasteiger charge is -2.16. The molecule has 0 radical (unpaired) electrons. The summed E-state index contributed by atoms with van der Waals surface area (Å²) in [7, 11) is 0. The molecule has 5 nitrogen and oxygen atoms in total. The molecule has 0 aliphatic carbocycles. The lowest BCUT2D eigenvalue weighted by atomic mass is 9.92. The van der Waals surface area contributed by atoms with Crippen molar-refractivity contribution in [3.8, 4) is 0 Å². The van der Waals surface area contributed by atoms with Gasteiger partial charge in [0, 0.05) is 19.2 Å². The first-order valence-corrected chi connectivity index (χ1v) is 5.48. The highest BCUT2D eigenvalue weighted by Gasteiger charge is 2.45. The van der Waals surface area contributed by atoms with Gasteiger partial charge in [-0.1, -0.05) is 19.9 Å². The van der Waals surface area contributed by atoms with Gasteiger partial charge in [-0.3, -0.25) is 9.59 Å². The van der Waals surface area contributed by atoms with Crippen molar-refractivity contribution >= 4 is 17.6 Å². The van der Waals surface area contributed by atoms with E-state index in [1.165, 1.54) is 0 Å². The number of aromatic nitrogens is 1. The fraction of sp³-hybridized carbons (Fsp3) is 0.417. The van der Waals surface area contributed by atoms with Crippen LogP contribution in [0.4, 0.5) is 5.82 Å². The van der Waals surface area contributed by atoms with Crippen LogP contribution in [-0.2, 0) is 16.1 Å². The van der Waals surface area contributed by atoms with Crippen molar-refractivity contribution in [2.24, 2.45) is 11.1 Å². The Morgan fingerprint density at radius 2 is 2.12 bits per heavy atom. The summed E-state index contributed by atoms with van der Waals surface area (Å²) in [5, 5.41) is 0. The van der Waals surface area contributed by atoms with E-state index in [-0.39, 0.29) is 18.2 Å². The van der Waals surface area contributed by atoms with Crippen LogP contribution in [-0.4, -0.2) is 16.8 Å². The van der Waals surface area contributed by atoms with Gasteiger partial charge in [-0.15, -0.1) is 0 Å². The van der Waals surface area contributed by atoms with Gasteiger partial charge in [-0.05, 0) is 11.6 Å². The highest BCUT2D eigenvalue weighted by molar-refractivity contribution is 6.21. The van der Waals surface area contributed by atoms with Crippen molar-refractivity contribution in [1.29, 1.82) is 0 Å². The van der Waals surface area contributed by atoms with Crippen LogP contribution < -0.4 is 10.6 Å². The van der Waals surface area contributed by atoms with E-state index in [9.17, 15) is 9.59 Å². The van der Waals surface area contributed by atoms with Crippen LogP contribution in [0.3, 0.4) is 0 Å². The smallest absolute Gasteiger partial charge is 0.241 e. The average Bonchev–Trinajstić information content (AvgIpc) is 2.49. The number of hydrogen-bond acceptors (Lipinski definition) is 4. The highest BCUT2D eigenvalue weighted by atomic mass is 16.2. The van der Waals surface area contributed by atoms with Gasteiger partial charge in [0.1, 0.15) is 5.82 Å². The molecule has 1 aliphatic rings. The quantitative estimate of drug-likeness (QED) is 0.767. The number of pyridine rings is 1. The van der Waals surface area contributed by atoms with Gasteiger partial charge in [-0.25, -0.2) is 9.88 Å². The standard InChI is InChI=1S/C12H15N3O2/c1-12(2)5-10(16)15(11(12)17)9-4-3-8(6-13)7-14-9/h3-4,7H,5-6,13H2,1-2H3. The first kappa shape index (κ1) is 11.7. The number of imide groups is 1. The molecule has 1 fully saturated rings. The van der Waals surface area contributed by atoms with Crippen LogP contribution in [0.25, 0.3) is 0 Å². The lowest BCUT2D eigenvalue weighted by molar-refractivity contribution is -0.124. The van der Waals surface area contributed by atoms with Gasteiger partial charge in [0.15, 0.2) is 0 Å². The average molecular weight is 233 g/mol. The minimum atomic E-state index is -0.634. The van der Waals surface area contributed by atoms with Crippen LogP contribution in [0.2, 0.25) is 0 Å². The fourth-order valence-electron chi connectivity index (χ4n) is 1.85. The molecule has 0 bridgehead atoms. The van der Waals surface area contributed by atoms with Crippen molar-refractivity contribution < 1.29 is 9.59 Å². The molecule has 1 aliphatic heterocycles. The summed E-state index contributed by atoms with van der Waals surface area (Å²) in [5.41, 5.74) is 5.70. The van der Waals surface area contributed by atoms with Gasteiger partial charge < -0.3 is 5.73 Å². The first-order chi connectivity index (χ1) is 7.95. The maximum Gasteiger partial charge on any atom is 0.241 e. The summed E-state index contributed by atoms with van der Waals surface area (Å²) in [5.74, 6) is -0.0220. The fourth-order valence-corrected chi connectivity index (χ4v) is 1.85. The molecule has 2 amide bonds. The molecule has 0 saturated carbocycles. The molecule has 0 aromatic carbocycles. The number of amides is 2. The Kier molecular flexibility index (Phi) is 2.71. The van der Waals surface area contributed by atoms with Crippen LogP contribution >= 0.6 is 0 Å². The van der Waals surface area contributed by atoms with Crippen LogP contribution in [0.15, 0.2) is 18.3 Å². The van der Waals surface area contributed by atoms with Crippen LogP contribution in [0.5, 0.6) is 0 Å². The Balaban J connectivity index is 2.34. The second-order valence-electron chi connectivity index (χ2n) is 4.82. The van der Waals surface area contributed by atoms with Gasteiger partial charge in [0.2, 0.25) is 11.8 Å². The molecule has 0 atom stereocenters. The van der Waals surface area contributed by atoms with E-state index in [0.29, 0.717) is 12.4 Å². The summed E-state index contributed by atoms with van der Waals surface area (Å²) in [6, 6.07) is 3.42. The van der Waals surface area contributed by atoms with E-state index >= 15 is 0 Å². The zero-order valence-corrected chi connectivity index (χ0v) is 9.93. The Hall–Kier alpha value is -1.75. The van der Waals surface area contributed by atoms with Gasteiger partial charge >= 0.3 is 0 Å². The molecule has 1 aromatic heterocycles. The third-order valence-electron chi connectivity index (χ3n) is 2.90. The molecule has 1 saturated heterocycles. The molecule has 1 aromatic rings. The first-order valence-electron chi connectivity index (χ1n) is 5.48. The Morgan fingerprint density at radius 1 is 1.41 bits per heavy atom. The van der Waals surface area contributed by atoms with Crippen LogP contribution in [0, 0.1) is 5.41 Å². The molecule has 0 unspecified atom stereocenters. The Morgan fingerprint density at radius 3 is 2.53 bits per heavy atom. The maximum atomic E-state index is 12.0. The van der Waals surface area contributed by atoms with Crippen molar-refractivity contribution in [1.82, 2.24) is 4.98 Å². The highest BCUT2D eigenvalue weighted by Crippen LogP contribution is 2.34. The zero-order valence-electron chi connectivity index (χ0n) is 9.93. The number of rotatable bonds is 2. The predicted molar refractivity (Wildman–Crippen MR) is 63.0 cm³/mol. The topological polar surface area (TPSA) is 76.3 Å². The summed E-state index contributed by atoms with van der Waals surface area (Å²) in [6.45, 7) is 3.92. The monoisotopic (exact) mass is 233 g/mol. The van der Waals surface area contributed by atoms with Gasteiger partial charge in [0.05, 0.1) is 5.41 Å². The Bertz CT molecular complexity index is 465. The lowest BCUT2D eigenvalue weighted by Crippen LogP contribution is -2.33. The second-order valence-corrected chi connectivity index (χ2v) is 4.82. The zero-order chi connectivity index (χ0) is 12.6. The van der Waals surface area contributed by atoms with E-state index < -0.39 is 5.41 Å². The van der Waals surface area contributed by atoms with E-state index in [4.69, 9.17) is 5.73 Å². The third kappa shape index (κ3) is 1.93. The number of carbonyl (C=O) groups is 2. The van der Waals surface area contributed by atoms with Gasteiger partial charge in [0.25, 0.3) is 0 Å². The number of carbonyl (C=O) groups excluding carboxylic acids is 2. The van der Waals surface area contributed by atoms with E-state index in [0.717, 1.165) is 10.5 Å². The van der Waals surface area contributed by atoms with Crippen molar-refractivity contribution in [3.05, 3.63) is 23.9 Å². The number of nitrogens with two attached hydrogens (primary N) is 1. The molecule has 0 spiro atoms. The second kappa shape index (κ2) is 3.92. The number of nitrogens with zero attached hydrogens (tertiary/aromatic N) is 2. The summed E-state index contributed by atoms with van der Waals surface area (Å²) in [4.78, 5) is 29.1. The van der Waals surface area contributed by atoms with E-state index in [2.05, 4.69) is 4.98 Å². The third-order valence-corrected chi connectivity index (χ3v) is 2.90. The summed E-state index contributed by atoms with van der Waals surface area (Å²) >= 11 is 0. The van der Waals surface area contributed by atoms with Gasteiger partial charge in [-0.2, -0.15) is 0 Å². The molecule has 2 N–H and O–H groups in total. The molecular weight excluding hydrogens is 218 g/mol. The molecule has 2 rings (SSSR count). The number of anilines is 1. The molecule has 2 heterocycles. The normalized spacial score (nSPS) is 18.9. The minimum absolute atomic E-state index is 0.199. The van der Waals surface area contributed by atoms with Crippen LogP contribution in [0.1, 0.15) is 25.8 Å². The number of hydrogen-bond donors (Lipinski definition) is 1. The molecule has 5 heteroatoms. The van der Waals surface area contributed by atoms with Crippen molar-refractivity contribution in [2.75, 3.05) is 4.90 Å². The Labute approximate surface area is 99.6 Å². The molecule has 17 heavy (non-hydrogen) atoms. The largest absolute Gasteiger partial charge is 0.326 e. The van der Waals surface area contributed by atoms with Crippen molar-refractivity contribution in [2.45, 2.75) is 26.8 Å². The maximum absolute atomic E-state index is 12.0. The van der Waals surface area contributed by atoms with Crippen molar-refractivity contribution in [3.63, 3.8) is 0 Å². The summed E-state index contributed by atoms with van der Waals surface area (Å²) in [6.07, 6.45) is 1.81. The molecule has 90 valence electrons. The predicted octanol–water partition coefficient (Wildman–Crippen LogP) is 0.830. The summed E-state index contributed by atoms with van der Waals surface area (Å²) < 4.78 is 0. The van der Waals surface area contributed by atoms with E-state index in [1.54, 1.807) is 32.2 Å². The molecular formula is C12H15N3O2. The van der Waals surface area contributed by atoms with E-state index in [1.807, 2.05) is 0 Å².